The molecule has 6 rings (SSSR count). The van der Waals surface area contributed by atoms with Gasteiger partial charge in [0.25, 0.3) is 23.6 Å². The van der Waals surface area contributed by atoms with Crippen molar-refractivity contribution in [2.24, 2.45) is 0 Å². The molecule has 0 aliphatic carbocycles. The zero-order valence-electron chi connectivity index (χ0n) is 21.7. The Morgan fingerprint density at radius 3 is 1.14 bits per heavy atom. The molecule has 8 nitrogen and oxygen atoms in total. The molecule has 0 radical (unpaired) electrons. The second-order valence-electron chi connectivity index (χ2n) is 9.00. The van der Waals surface area contributed by atoms with E-state index in [1.807, 2.05) is 48.5 Å². The third kappa shape index (κ3) is 5.99. The number of carbonyl (C=O) groups excluding carboxylic acids is 4. The molecule has 0 spiro atoms. The maximum atomic E-state index is 12.0. The number of carbonyl (C=O) groups is 4. The molecule has 2 heterocycles. The van der Waals surface area contributed by atoms with Crippen LogP contribution in [0.1, 0.15) is 0 Å². The summed E-state index contributed by atoms with van der Waals surface area (Å²) in [5, 5.41) is 0. The molecule has 0 bridgehead atoms. The molecule has 0 aromatic heterocycles. The minimum Gasteiger partial charge on any atom is -0.457 e. The van der Waals surface area contributed by atoms with Crippen LogP contribution in [-0.4, -0.2) is 23.6 Å². The number of rotatable bonds is 9. The highest BCUT2D eigenvalue weighted by atomic mass is 33.1. The summed E-state index contributed by atoms with van der Waals surface area (Å²) in [6, 6.07) is 28.9. The van der Waals surface area contributed by atoms with Gasteiger partial charge in [0, 0.05) is 46.2 Å². The number of hydrogen-bond donors (Lipinski definition) is 0. The summed E-state index contributed by atoms with van der Waals surface area (Å²) >= 11 is 0. The van der Waals surface area contributed by atoms with Crippen molar-refractivity contribution in [3.05, 3.63) is 121 Å². The van der Waals surface area contributed by atoms with Gasteiger partial charge in [-0.15, -0.1) is 0 Å². The van der Waals surface area contributed by atoms with Crippen molar-refractivity contribution in [1.82, 2.24) is 0 Å². The van der Waals surface area contributed by atoms with E-state index in [0.29, 0.717) is 34.4 Å². The van der Waals surface area contributed by atoms with Crippen LogP contribution in [-0.2, 0) is 19.2 Å². The lowest BCUT2D eigenvalue weighted by Crippen LogP contribution is -2.29. The SMILES string of the molecule is O=C1C=CC(=O)N1c1cccc(Oc2ccc(SSc3ccc(Oc4cccc(N5C(=O)C=CC5=O)c4)cc3)cc2)c1. The van der Waals surface area contributed by atoms with E-state index in [2.05, 4.69) is 0 Å². The van der Waals surface area contributed by atoms with Crippen LogP contribution in [0.2, 0.25) is 0 Å². The van der Waals surface area contributed by atoms with Gasteiger partial charge in [0.15, 0.2) is 0 Å². The zero-order chi connectivity index (χ0) is 29.1. The van der Waals surface area contributed by atoms with E-state index in [1.165, 1.54) is 24.3 Å². The number of imide groups is 2. The van der Waals surface area contributed by atoms with E-state index in [-0.39, 0.29) is 23.6 Å². The van der Waals surface area contributed by atoms with Gasteiger partial charge in [-0.25, -0.2) is 9.80 Å². The Balaban J connectivity index is 1.03. The van der Waals surface area contributed by atoms with E-state index in [0.717, 1.165) is 19.6 Å². The van der Waals surface area contributed by atoms with E-state index in [4.69, 9.17) is 9.47 Å². The van der Waals surface area contributed by atoms with Gasteiger partial charge in [0.1, 0.15) is 23.0 Å². The Hall–Kier alpha value is -5.06. The molecule has 206 valence electrons. The van der Waals surface area contributed by atoms with Crippen LogP contribution < -0.4 is 19.3 Å². The third-order valence-electron chi connectivity index (χ3n) is 6.12. The minimum absolute atomic E-state index is 0.378. The smallest absolute Gasteiger partial charge is 0.258 e. The Labute approximate surface area is 248 Å². The molecule has 4 aromatic rings. The lowest BCUT2D eigenvalue weighted by Gasteiger charge is -2.15. The lowest BCUT2D eigenvalue weighted by atomic mass is 10.2. The number of nitrogens with zero attached hydrogens (tertiary/aromatic N) is 2. The molecule has 42 heavy (non-hydrogen) atoms. The standard InChI is InChI=1S/C32H20N2O6S2/c35-29-15-16-30(36)33(29)21-3-1-5-25(19-21)39-23-7-11-27(12-8-23)41-42-28-13-9-24(10-14-28)40-26-6-2-4-22(20-26)34-31(37)17-18-32(34)38/h1-20H. The molecule has 0 saturated heterocycles. The largest absolute Gasteiger partial charge is 0.457 e. The molecular formula is C32H20N2O6S2. The number of ether oxygens (including phenoxy) is 2. The van der Waals surface area contributed by atoms with Gasteiger partial charge >= 0.3 is 0 Å². The third-order valence-corrected chi connectivity index (χ3v) is 8.54. The lowest BCUT2D eigenvalue weighted by molar-refractivity contribution is -0.121. The molecular weight excluding hydrogens is 572 g/mol. The summed E-state index contributed by atoms with van der Waals surface area (Å²) in [7, 11) is 3.18. The summed E-state index contributed by atoms with van der Waals surface area (Å²) < 4.78 is 11.9. The Morgan fingerprint density at radius 1 is 0.429 bits per heavy atom. The predicted octanol–water partition coefficient (Wildman–Crippen LogP) is 6.93. The van der Waals surface area contributed by atoms with Crippen molar-refractivity contribution in [2.45, 2.75) is 9.79 Å². The highest BCUT2D eigenvalue weighted by Gasteiger charge is 2.26. The molecule has 2 aliphatic rings. The number of anilines is 2. The van der Waals surface area contributed by atoms with Crippen LogP contribution in [0.25, 0.3) is 0 Å². The first-order chi connectivity index (χ1) is 20.4. The van der Waals surface area contributed by atoms with E-state index >= 15 is 0 Å². The monoisotopic (exact) mass is 592 g/mol. The van der Waals surface area contributed by atoms with Crippen LogP contribution >= 0.6 is 21.6 Å². The zero-order valence-corrected chi connectivity index (χ0v) is 23.3. The van der Waals surface area contributed by atoms with Crippen LogP contribution in [0, 0.1) is 0 Å². The van der Waals surface area contributed by atoms with Crippen LogP contribution in [0.15, 0.2) is 131 Å². The number of amides is 4. The van der Waals surface area contributed by atoms with Crippen LogP contribution in [0.3, 0.4) is 0 Å². The van der Waals surface area contributed by atoms with Crippen LogP contribution in [0.4, 0.5) is 11.4 Å². The van der Waals surface area contributed by atoms with E-state index < -0.39 is 0 Å². The maximum absolute atomic E-state index is 12.0. The van der Waals surface area contributed by atoms with E-state index in [1.54, 1.807) is 70.1 Å². The molecule has 0 saturated carbocycles. The fraction of sp³-hybridized carbons (Fsp3) is 0. The molecule has 2 aliphatic heterocycles. The summed E-state index contributed by atoms with van der Waals surface area (Å²) in [5.41, 5.74) is 0.905. The first-order valence-electron chi connectivity index (χ1n) is 12.7. The minimum atomic E-state index is -0.378. The molecule has 0 fully saturated rings. The molecule has 0 N–H and O–H groups in total. The van der Waals surface area contributed by atoms with Crippen molar-refractivity contribution in [3.8, 4) is 23.0 Å². The fourth-order valence-corrected chi connectivity index (χ4v) is 6.11. The number of hydrogen-bond acceptors (Lipinski definition) is 8. The van der Waals surface area contributed by atoms with Crippen molar-refractivity contribution < 1.29 is 28.7 Å². The average molecular weight is 593 g/mol. The van der Waals surface area contributed by atoms with Gasteiger partial charge in [0.05, 0.1) is 11.4 Å². The van der Waals surface area contributed by atoms with Gasteiger partial charge in [-0.3, -0.25) is 19.2 Å². The normalized spacial score (nSPS) is 14.3. The summed E-state index contributed by atoms with van der Waals surface area (Å²) in [5.74, 6) is 0.760. The first-order valence-corrected chi connectivity index (χ1v) is 14.8. The quantitative estimate of drug-likeness (QED) is 0.153. The summed E-state index contributed by atoms with van der Waals surface area (Å²) in [6.07, 6.45) is 4.98. The second-order valence-corrected chi connectivity index (χ2v) is 11.3. The highest BCUT2D eigenvalue weighted by Crippen LogP contribution is 2.39. The van der Waals surface area contributed by atoms with Crippen molar-refractivity contribution in [1.29, 1.82) is 0 Å². The fourth-order valence-electron chi connectivity index (χ4n) is 4.18. The molecule has 4 aromatic carbocycles. The molecule has 0 unspecified atom stereocenters. The Bertz CT molecular complexity index is 1600. The van der Waals surface area contributed by atoms with Gasteiger partial charge < -0.3 is 9.47 Å². The van der Waals surface area contributed by atoms with E-state index in [9.17, 15) is 19.2 Å². The van der Waals surface area contributed by atoms with Crippen LogP contribution in [0.5, 0.6) is 23.0 Å². The van der Waals surface area contributed by atoms with Gasteiger partial charge in [-0.1, -0.05) is 33.7 Å². The van der Waals surface area contributed by atoms with Crippen molar-refractivity contribution in [2.75, 3.05) is 9.80 Å². The predicted molar refractivity (Wildman–Crippen MR) is 161 cm³/mol. The number of benzene rings is 4. The Kier molecular flexibility index (Phi) is 7.63. The average Bonchev–Trinajstić information content (AvgIpc) is 3.52. The Morgan fingerprint density at radius 2 is 0.786 bits per heavy atom. The van der Waals surface area contributed by atoms with Gasteiger partial charge in [-0.05, 0) is 72.8 Å². The second kappa shape index (κ2) is 11.8. The first kappa shape index (κ1) is 27.1. The van der Waals surface area contributed by atoms with Gasteiger partial charge in [-0.2, -0.15) is 0 Å². The molecule has 0 atom stereocenters. The molecule has 4 amide bonds. The molecule has 10 heteroatoms. The highest BCUT2D eigenvalue weighted by molar-refractivity contribution is 8.76. The van der Waals surface area contributed by atoms with Gasteiger partial charge in [0.2, 0.25) is 0 Å². The summed E-state index contributed by atoms with van der Waals surface area (Å²) in [4.78, 5) is 52.1. The topological polar surface area (TPSA) is 93.2 Å². The van der Waals surface area contributed by atoms with Crippen molar-refractivity contribution in [3.63, 3.8) is 0 Å². The van der Waals surface area contributed by atoms with Crippen molar-refractivity contribution >= 4 is 56.6 Å². The maximum Gasteiger partial charge on any atom is 0.258 e. The summed E-state index contributed by atoms with van der Waals surface area (Å²) in [6.45, 7) is 0.